The van der Waals surface area contributed by atoms with Crippen molar-refractivity contribution >= 4 is 45.6 Å². The lowest BCUT2D eigenvalue weighted by Crippen LogP contribution is -2.44. The van der Waals surface area contributed by atoms with Gasteiger partial charge in [0.15, 0.2) is 5.96 Å². The summed E-state index contributed by atoms with van der Waals surface area (Å²) < 4.78 is 27.1. The molecule has 1 aromatic carbocycles. The van der Waals surface area contributed by atoms with Gasteiger partial charge in [-0.15, -0.1) is 24.0 Å². The Morgan fingerprint density at radius 2 is 2.07 bits per heavy atom. The zero-order valence-corrected chi connectivity index (χ0v) is 18.9. The van der Waals surface area contributed by atoms with E-state index in [4.69, 9.17) is 0 Å². The first kappa shape index (κ1) is 22.8. The Hall–Kier alpha value is -1.47. The third-order valence-corrected chi connectivity index (χ3v) is 6.86. The van der Waals surface area contributed by atoms with E-state index in [9.17, 15) is 18.5 Å². The molecule has 156 valence electrons. The number of guanidine groups is 1. The maximum absolute atomic E-state index is 12.3. The topological polar surface area (TPSA) is 117 Å². The minimum atomic E-state index is -3.80. The molecular formula is C17H26IN5O4S. The van der Waals surface area contributed by atoms with Gasteiger partial charge in [-0.3, -0.25) is 15.1 Å². The number of nitrogens with one attached hydrogen (secondary N) is 2. The van der Waals surface area contributed by atoms with Crippen molar-refractivity contribution in [3.8, 4) is 0 Å². The van der Waals surface area contributed by atoms with Crippen molar-refractivity contribution in [2.24, 2.45) is 10.4 Å². The van der Waals surface area contributed by atoms with E-state index in [1.807, 2.05) is 0 Å². The average molecular weight is 523 g/mol. The fourth-order valence-corrected chi connectivity index (χ4v) is 4.81. The van der Waals surface area contributed by atoms with E-state index in [1.54, 1.807) is 7.05 Å². The van der Waals surface area contributed by atoms with Crippen LogP contribution in [0.5, 0.6) is 0 Å². The number of nitro benzene ring substituents is 1. The largest absolute Gasteiger partial charge is 0.355 e. The van der Waals surface area contributed by atoms with Gasteiger partial charge in [0, 0.05) is 45.4 Å². The summed E-state index contributed by atoms with van der Waals surface area (Å²) in [6.45, 7) is 2.51. The van der Waals surface area contributed by atoms with Gasteiger partial charge in [-0.2, -0.15) is 0 Å². The zero-order chi connectivity index (χ0) is 19.5. The third-order valence-electron chi connectivity index (χ3n) is 5.40. The summed E-state index contributed by atoms with van der Waals surface area (Å²) in [6.07, 6.45) is 5.05. The number of nitro groups is 1. The van der Waals surface area contributed by atoms with E-state index >= 15 is 0 Å². The quantitative estimate of drug-likeness (QED) is 0.147. The number of benzene rings is 1. The lowest BCUT2D eigenvalue weighted by Gasteiger charge is -2.38. The summed E-state index contributed by atoms with van der Waals surface area (Å²) in [4.78, 5) is 16.6. The molecule has 1 aliphatic carbocycles. The van der Waals surface area contributed by atoms with Crippen molar-refractivity contribution in [1.82, 2.24) is 14.9 Å². The van der Waals surface area contributed by atoms with Crippen LogP contribution >= 0.6 is 24.0 Å². The minimum Gasteiger partial charge on any atom is -0.355 e. The number of hydrogen-bond acceptors (Lipinski definition) is 5. The third kappa shape index (κ3) is 5.11. The fourth-order valence-electron chi connectivity index (χ4n) is 3.74. The number of non-ortho nitro benzene ring substituents is 1. The molecule has 28 heavy (non-hydrogen) atoms. The van der Waals surface area contributed by atoms with Gasteiger partial charge < -0.3 is 10.2 Å². The molecule has 0 aromatic heterocycles. The van der Waals surface area contributed by atoms with Crippen LogP contribution in [0.15, 0.2) is 34.2 Å². The van der Waals surface area contributed by atoms with Crippen molar-refractivity contribution < 1.29 is 13.3 Å². The Morgan fingerprint density at radius 3 is 2.64 bits per heavy atom. The van der Waals surface area contributed by atoms with Crippen LogP contribution in [-0.2, 0) is 10.0 Å². The van der Waals surface area contributed by atoms with E-state index in [1.165, 1.54) is 43.9 Å². The van der Waals surface area contributed by atoms with Gasteiger partial charge in [-0.25, -0.2) is 13.1 Å². The highest BCUT2D eigenvalue weighted by Gasteiger charge is 2.43. The number of hydrogen-bond donors (Lipinski definition) is 2. The number of nitrogens with zero attached hydrogens (tertiary/aromatic N) is 3. The molecule has 2 N–H and O–H groups in total. The molecule has 0 amide bonds. The Balaban J connectivity index is 0.00000280. The maximum Gasteiger partial charge on any atom is 0.270 e. The molecule has 0 bridgehead atoms. The summed E-state index contributed by atoms with van der Waals surface area (Å²) >= 11 is 0. The number of aliphatic imine (C=N–C) groups is 1. The summed E-state index contributed by atoms with van der Waals surface area (Å²) in [5, 5.41) is 14.0. The molecule has 1 aliphatic heterocycles. The van der Waals surface area contributed by atoms with Crippen LogP contribution in [0.4, 0.5) is 5.69 Å². The molecule has 11 heteroatoms. The van der Waals surface area contributed by atoms with Crippen molar-refractivity contribution in [2.75, 3.05) is 33.2 Å². The van der Waals surface area contributed by atoms with Crippen LogP contribution in [0.25, 0.3) is 0 Å². The monoisotopic (exact) mass is 523 g/mol. The number of likely N-dealkylation sites (tertiary alicyclic amines) is 1. The molecule has 2 fully saturated rings. The Kier molecular flexibility index (Phi) is 7.62. The standard InChI is InChI=1S/C17H25N5O4S.HI/c1-18-16(21-11-8-17(13-21)6-3-7-17)19-9-10-20-27(25,26)15-5-2-4-14(12-15)22(23)24;/h2,4-5,12,20H,3,6-11,13H2,1H3,(H,18,19);1H. The van der Waals surface area contributed by atoms with Crippen LogP contribution in [0, 0.1) is 15.5 Å². The summed E-state index contributed by atoms with van der Waals surface area (Å²) in [5.41, 5.74) is 0.205. The minimum absolute atomic E-state index is 0. The van der Waals surface area contributed by atoms with Gasteiger partial charge in [0.25, 0.3) is 5.69 Å². The second-order valence-corrected chi connectivity index (χ2v) is 8.92. The predicted molar refractivity (Wildman–Crippen MR) is 118 cm³/mol. The van der Waals surface area contributed by atoms with E-state index in [0.29, 0.717) is 12.0 Å². The second kappa shape index (κ2) is 9.35. The van der Waals surface area contributed by atoms with Crippen molar-refractivity contribution in [3.63, 3.8) is 0 Å². The SMILES string of the molecule is CN=C(NCCNS(=O)(=O)c1cccc([N+](=O)[O-])c1)N1CCC2(CCC2)C1.I. The smallest absolute Gasteiger partial charge is 0.270 e. The molecule has 1 spiro atoms. The average Bonchev–Trinajstić information content (AvgIpc) is 3.08. The van der Waals surface area contributed by atoms with Gasteiger partial charge in [-0.05, 0) is 30.7 Å². The molecule has 2 aliphatic rings. The van der Waals surface area contributed by atoms with E-state index in [2.05, 4.69) is 19.9 Å². The van der Waals surface area contributed by atoms with E-state index in [-0.39, 0.29) is 41.1 Å². The first-order valence-electron chi connectivity index (χ1n) is 9.05. The maximum atomic E-state index is 12.3. The van der Waals surface area contributed by atoms with Crippen LogP contribution in [0.3, 0.4) is 0 Å². The highest BCUT2D eigenvalue weighted by molar-refractivity contribution is 14.0. The molecule has 1 aromatic rings. The molecule has 0 radical (unpaired) electrons. The van der Waals surface area contributed by atoms with Crippen LogP contribution in [0.1, 0.15) is 25.7 Å². The van der Waals surface area contributed by atoms with Crippen molar-refractivity contribution in [3.05, 3.63) is 34.4 Å². The van der Waals surface area contributed by atoms with Gasteiger partial charge >= 0.3 is 0 Å². The van der Waals surface area contributed by atoms with Crippen molar-refractivity contribution in [2.45, 2.75) is 30.6 Å². The number of halogens is 1. The number of sulfonamides is 1. The first-order valence-corrected chi connectivity index (χ1v) is 10.5. The lowest BCUT2D eigenvalue weighted by molar-refractivity contribution is -0.385. The summed E-state index contributed by atoms with van der Waals surface area (Å²) in [5.74, 6) is 0.785. The van der Waals surface area contributed by atoms with Crippen LogP contribution in [-0.4, -0.2) is 57.4 Å². The van der Waals surface area contributed by atoms with Crippen LogP contribution in [0.2, 0.25) is 0 Å². The fraction of sp³-hybridized carbons (Fsp3) is 0.588. The lowest BCUT2D eigenvalue weighted by atomic mass is 9.68. The summed E-state index contributed by atoms with van der Waals surface area (Å²) in [7, 11) is -2.08. The normalized spacial score (nSPS) is 18.5. The predicted octanol–water partition coefficient (Wildman–Crippen LogP) is 1.94. The highest BCUT2D eigenvalue weighted by atomic mass is 127. The highest BCUT2D eigenvalue weighted by Crippen LogP contribution is 2.47. The molecular weight excluding hydrogens is 497 g/mol. The Bertz CT molecular complexity index is 842. The Labute approximate surface area is 182 Å². The van der Waals surface area contributed by atoms with Gasteiger partial charge in [0.05, 0.1) is 9.82 Å². The first-order chi connectivity index (χ1) is 12.9. The zero-order valence-electron chi connectivity index (χ0n) is 15.8. The molecule has 9 nitrogen and oxygen atoms in total. The van der Waals surface area contributed by atoms with Crippen LogP contribution < -0.4 is 10.0 Å². The molecule has 0 unspecified atom stereocenters. The second-order valence-electron chi connectivity index (χ2n) is 7.15. The molecule has 0 atom stereocenters. The van der Waals surface area contributed by atoms with E-state index < -0.39 is 14.9 Å². The van der Waals surface area contributed by atoms with Gasteiger partial charge in [0.1, 0.15) is 0 Å². The van der Waals surface area contributed by atoms with Gasteiger partial charge in [-0.1, -0.05) is 12.5 Å². The molecule has 3 rings (SSSR count). The van der Waals surface area contributed by atoms with E-state index in [0.717, 1.165) is 25.1 Å². The Morgan fingerprint density at radius 1 is 1.32 bits per heavy atom. The number of rotatable bonds is 6. The van der Waals surface area contributed by atoms with Gasteiger partial charge in [0.2, 0.25) is 10.0 Å². The van der Waals surface area contributed by atoms with Crippen molar-refractivity contribution in [1.29, 1.82) is 0 Å². The molecule has 1 saturated carbocycles. The summed E-state index contributed by atoms with van der Waals surface area (Å²) in [6, 6.07) is 5.01. The molecule has 1 saturated heterocycles. The molecule has 1 heterocycles.